The van der Waals surface area contributed by atoms with Gasteiger partial charge < -0.3 is 0 Å². The van der Waals surface area contributed by atoms with Crippen LogP contribution in [0.2, 0.25) is 0 Å². The maximum Gasteiger partial charge on any atom is 0.0267 e. The fourth-order valence-corrected chi connectivity index (χ4v) is 2.20. The Kier molecular flexibility index (Phi) is 15.7. The SMILES string of the molecule is C#CC/C=C/CCCCCCCCCCCCC. The van der Waals surface area contributed by atoms with Crippen LogP contribution < -0.4 is 0 Å². The van der Waals surface area contributed by atoms with Crippen LogP contribution in [0.4, 0.5) is 0 Å². The predicted octanol–water partition coefficient (Wildman–Crippen LogP) is 6.27. The van der Waals surface area contributed by atoms with E-state index >= 15 is 0 Å². The van der Waals surface area contributed by atoms with E-state index in [1.165, 1.54) is 77.0 Å². The van der Waals surface area contributed by atoms with Gasteiger partial charge in [0.1, 0.15) is 0 Å². The summed E-state index contributed by atoms with van der Waals surface area (Å²) in [6.45, 7) is 2.28. The van der Waals surface area contributed by atoms with Crippen LogP contribution in [0.15, 0.2) is 12.2 Å². The predicted molar refractivity (Wildman–Crippen MR) is 83.7 cm³/mol. The van der Waals surface area contributed by atoms with Gasteiger partial charge in [-0.15, -0.1) is 12.3 Å². The monoisotopic (exact) mass is 248 g/mol. The molecule has 0 amide bonds. The summed E-state index contributed by atoms with van der Waals surface area (Å²) >= 11 is 0. The summed E-state index contributed by atoms with van der Waals surface area (Å²) in [7, 11) is 0. The van der Waals surface area contributed by atoms with Gasteiger partial charge in [-0.3, -0.25) is 0 Å². The van der Waals surface area contributed by atoms with Gasteiger partial charge in [-0.2, -0.15) is 0 Å². The third-order valence-electron chi connectivity index (χ3n) is 3.38. The van der Waals surface area contributed by atoms with Crippen molar-refractivity contribution in [1.29, 1.82) is 0 Å². The van der Waals surface area contributed by atoms with Crippen molar-refractivity contribution in [3.05, 3.63) is 12.2 Å². The standard InChI is InChI=1S/C18H32/c1-3-5-7-9-11-13-15-17-18-16-14-12-10-8-6-4-2/h1,7,9H,4-6,8,10-18H2,2H3/b9-7+. The van der Waals surface area contributed by atoms with E-state index < -0.39 is 0 Å². The number of hydrogen-bond acceptors (Lipinski definition) is 0. The summed E-state index contributed by atoms with van der Waals surface area (Å²) in [6, 6.07) is 0. The van der Waals surface area contributed by atoms with Crippen LogP contribution in [-0.2, 0) is 0 Å². The van der Waals surface area contributed by atoms with Gasteiger partial charge >= 0.3 is 0 Å². The Morgan fingerprint density at radius 2 is 1.22 bits per heavy atom. The Morgan fingerprint density at radius 3 is 1.72 bits per heavy atom. The topological polar surface area (TPSA) is 0 Å². The van der Waals surface area contributed by atoms with Crippen molar-refractivity contribution >= 4 is 0 Å². The first-order valence-electron chi connectivity index (χ1n) is 8.00. The quantitative estimate of drug-likeness (QED) is 0.205. The molecule has 0 aromatic rings. The van der Waals surface area contributed by atoms with E-state index in [0.29, 0.717) is 0 Å². The molecule has 0 rings (SSSR count). The minimum Gasteiger partial charge on any atom is -0.120 e. The molecular weight excluding hydrogens is 216 g/mol. The minimum absolute atomic E-state index is 0.790. The second-order valence-electron chi connectivity index (χ2n) is 5.20. The highest BCUT2D eigenvalue weighted by atomic mass is 14.0. The lowest BCUT2D eigenvalue weighted by molar-refractivity contribution is 0.550. The Hall–Kier alpha value is -0.700. The minimum atomic E-state index is 0.790. The summed E-state index contributed by atoms with van der Waals surface area (Å²) < 4.78 is 0. The molecule has 0 heteroatoms. The first-order chi connectivity index (χ1) is 8.91. The van der Waals surface area contributed by atoms with Crippen LogP contribution in [0.3, 0.4) is 0 Å². The van der Waals surface area contributed by atoms with Crippen molar-refractivity contribution in [3.8, 4) is 12.3 Å². The van der Waals surface area contributed by atoms with E-state index in [1.807, 2.05) is 0 Å². The highest BCUT2D eigenvalue weighted by Crippen LogP contribution is 2.11. The normalized spacial score (nSPS) is 10.9. The molecule has 0 saturated carbocycles. The maximum absolute atomic E-state index is 5.17. The van der Waals surface area contributed by atoms with Gasteiger partial charge in [0.25, 0.3) is 0 Å². The third kappa shape index (κ3) is 15.3. The van der Waals surface area contributed by atoms with E-state index in [2.05, 4.69) is 25.0 Å². The van der Waals surface area contributed by atoms with Gasteiger partial charge in [-0.25, -0.2) is 0 Å². The zero-order valence-corrected chi connectivity index (χ0v) is 12.4. The molecule has 0 atom stereocenters. The molecule has 0 aliphatic heterocycles. The lowest BCUT2D eigenvalue weighted by Crippen LogP contribution is -1.81. The van der Waals surface area contributed by atoms with Crippen molar-refractivity contribution in [2.75, 3.05) is 0 Å². The summed E-state index contributed by atoms with van der Waals surface area (Å²) in [4.78, 5) is 0. The van der Waals surface area contributed by atoms with Gasteiger partial charge in [0.05, 0.1) is 0 Å². The van der Waals surface area contributed by atoms with Crippen molar-refractivity contribution in [2.45, 2.75) is 90.4 Å². The molecule has 0 N–H and O–H groups in total. The van der Waals surface area contributed by atoms with Crippen LogP contribution in [0.5, 0.6) is 0 Å². The Morgan fingerprint density at radius 1 is 0.722 bits per heavy atom. The van der Waals surface area contributed by atoms with Gasteiger partial charge in [0.2, 0.25) is 0 Å². The molecular formula is C18H32. The molecule has 0 nitrogen and oxygen atoms in total. The molecule has 0 saturated heterocycles. The van der Waals surface area contributed by atoms with Gasteiger partial charge in [0.15, 0.2) is 0 Å². The lowest BCUT2D eigenvalue weighted by atomic mass is 10.1. The van der Waals surface area contributed by atoms with Crippen molar-refractivity contribution in [3.63, 3.8) is 0 Å². The Bertz CT molecular complexity index is 207. The van der Waals surface area contributed by atoms with Crippen molar-refractivity contribution in [1.82, 2.24) is 0 Å². The Labute approximate surface area is 115 Å². The molecule has 0 unspecified atom stereocenters. The van der Waals surface area contributed by atoms with Crippen LogP contribution in [0.1, 0.15) is 90.4 Å². The van der Waals surface area contributed by atoms with Gasteiger partial charge in [-0.1, -0.05) is 83.3 Å². The average molecular weight is 248 g/mol. The second-order valence-corrected chi connectivity index (χ2v) is 5.20. The third-order valence-corrected chi connectivity index (χ3v) is 3.38. The molecule has 0 spiro atoms. The number of terminal acetylenes is 1. The Balaban J connectivity index is 2.97. The zero-order valence-electron chi connectivity index (χ0n) is 12.4. The summed E-state index contributed by atoms with van der Waals surface area (Å²) in [5.41, 5.74) is 0. The molecule has 18 heavy (non-hydrogen) atoms. The van der Waals surface area contributed by atoms with Crippen LogP contribution in [0.25, 0.3) is 0 Å². The van der Waals surface area contributed by atoms with E-state index in [9.17, 15) is 0 Å². The van der Waals surface area contributed by atoms with Crippen LogP contribution in [0, 0.1) is 12.3 Å². The fraction of sp³-hybridized carbons (Fsp3) is 0.778. The molecule has 104 valence electrons. The fourth-order valence-electron chi connectivity index (χ4n) is 2.20. The smallest absolute Gasteiger partial charge is 0.0267 e. The van der Waals surface area contributed by atoms with E-state index in [0.717, 1.165) is 6.42 Å². The largest absolute Gasteiger partial charge is 0.120 e. The molecule has 0 heterocycles. The van der Waals surface area contributed by atoms with Crippen LogP contribution in [-0.4, -0.2) is 0 Å². The first-order valence-corrected chi connectivity index (χ1v) is 8.00. The summed E-state index contributed by atoms with van der Waals surface area (Å²) in [5, 5.41) is 0. The van der Waals surface area contributed by atoms with Crippen molar-refractivity contribution < 1.29 is 0 Å². The number of rotatable bonds is 13. The van der Waals surface area contributed by atoms with E-state index in [4.69, 9.17) is 6.42 Å². The molecule has 0 aromatic heterocycles. The lowest BCUT2D eigenvalue weighted by Gasteiger charge is -2.01. The number of hydrogen-bond donors (Lipinski definition) is 0. The highest BCUT2D eigenvalue weighted by Gasteiger charge is 1.92. The van der Waals surface area contributed by atoms with Gasteiger partial charge in [-0.05, 0) is 12.8 Å². The highest BCUT2D eigenvalue weighted by molar-refractivity contribution is 4.96. The van der Waals surface area contributed by atoms with E-state index in [1.54, 1.807) is 0 Å². The van der Waals surface area contributed by atoms with Crippen LogP contribution >= 0.6 is 0 Å². The van der Waals surface area contributed by atoms with E-state index in [-0.39, 0.29) is 0 Å². The maximum atomic E-state index is 5.17. The average Bonchev–Trinajstić information content (AvgIpc) is 2.39. The summed E-state index contributed by atoms with van der Waals surface area (Å²) in [6.07, 6.45) is 27.1. The van der Waals surface area contributed by atoms with Crippen molar-refractivity contribution in [2.24, 2.45) is 0 Å². The molecule has 0 aliphatic carbocycles. The first kappa shape index (κ1) is 17.3. The molecule has 0 bridgehead atoms. The molecule has 0 aliphatic rings. The molecule has 0 radical (unpaired) electrons. The summed E-state index contributed by atoms with van der Waals surface area (Å²) in [5.74, 6) is 2.62. The zero-order chi connectivity index (χ0) is 13.3. The number of allylic oxidation sites excluding steroid dienone is 2. The van der Waals surface area contributed by atoms with Gasteiger partial charge in [0, 0.05) is 6.42 Å². The molecule has 0 aromatic carbocycles. The molecule has 0 fully saturated rings. The number of unbranched alkanes of at least 4 members (excludes halogenated alkanes) is 11. The second kappa shape index (κ2) is 16.3.